The minimum absolute atomic E-state index is 0.0273. The summed E-state index contributed by atoms with van der Waals surface area (Å²) >= 11 is 0. The lowest BCUT2D eigenvalue weighted by atomic mass is 9.89. The highest BCUT2D eigenvalue weighted by Crippen LogP contribution is 2.44. The lowest BCUT2D eigenvalue weighted by molar-refractivity contribution is -0.124. The molecule has 14 heteroatoms. The van der Waals surface area contributed by atoms with Gasteiger partial charge < -0.3 is 24.8 Å². The second-order valence-corrected chi connectivity index (χ2v) is 14.0. The predicted molar refractivity (Wildman–Crippen MR) is 181 cm³/mol. The van der Waals surface area contributed by atoms with Gasteiger partial charge in [0.15, 0.2) is 5.82 Å². The Morgan fingerprint density at radius 3 is 2.72 bits per heavy atom. The summed E-state index contributed by atoms with van der Waals surface area (Å²) in [6, 6.07) is 5.49. The fraction of sp³-hybridized carbons (Fsp3) is 0.472. The van der Waals surface area contributed by atoms with Crippen molar-refractivity contribution in [2.45, 2.75) is 69.0 Å². The highest BCUT2D eigenvalue weighted by Gasteiger charge is 2.51. The van der Waals surface area contributed by atoms with Gasteiger partial charge >= 0.3 is 12.0 Å². The fourth-order valence-corrected chi connectivity index (χ4v) is 8.78. The molecule has 3 N–H and O–H groups in total. The van der Waals surface area contributed by atoms with E-state index in [0.29, 0.717) is 61.2 Å². The summed E-state index contributed by atoms with van der Waals surface area (Å²) in [7, 11) is 1.71. The van der Waals surface area contributed by atoms with Crippen molar-refractivity contribution in [1.82, 2.24) is 30.5 Å². The van der Waals surface area contributed by atoms with Gasteiger partial charge in [0, 0.05) is 31.5 Å². The van der Waals surface area contributed by atoms with Crippen molar-refractivity contribution in [2.24, 2.45) is 0 Å². The first kappa shape index (κ1) is 32.5. The summed E-state index contributed by atoms with van der Waals surface area (Å²) in [6.45, 7) is 4.27. The third kappa shape index (κ3) is 5.18. The number of urea groups is 1. The van der Waals surface area contributed by atoms with E-state index in [1.807, 2.05) is 11.8 Å². The van der Waals surface area contributed by atoms with Crippen molar-refractivity contribution in [3.05, 3.63) is 47.7 Å². The minimum Gasteiger partial charge on any atom is -0.508 e. The van der Waals surface area contributed by atoms with Crippen molar-refractivity contribution in [3.63, 3.8) is 0 Å². The Hall–Kier alpha value is -4.69. The van der Waals surface area contributed by atoms with Crippen LogP contribution in [-0.2, 0) is 16.0 Å². The molecule has 0 bridgehead atoms. The summed E-state index contributed by atoms with van der Waals surface area (Å²) < 4.78 is 44.0. The number of aryl methyl sites for hydroxylation is 1. The first-order valence-corrected chi connectivity index (χ1v) is 17.2. The molecule has 4 aliphatic heterocycles. The van der Waals surface area contributed by atoms with Gasteiger partial charge in [0.2, 0.25) is 0 Å². The molecule has 6 heterocycles. The number of pyridine rings is 1. The molecule has 4 saturated heterocycles. The Morgan fingerprint density at radius 1 is 1.10 bits per heavy atom. The van der Waals surface area contributed by atoms with Crippen LogP contribution < -0.4 is 20.3 Å². The number of benzene rings is 2. The summed E-state index contributed by atoms with van der Waals surface area (Å²) in [5, 5.41) is 17.1. The first-order chi connectivity index (χ1) is 24.1. The van der Waals surface area contributed by atoms with E-state index in [4.69, 9.17) is 14.5 Å². The highest BCUT2D eigenvalue weighted by atomic mass is 19.1. The lowest BCUT2D eigenvalue weighted by Gasteiger charge is -2.39. The van der Waals surface area contributed by atoms with Gasteiger partial charge in [-0.3, -0.25) is 20.0 Å². The molecule has 12 nitrogen and oxygen atoms in total. The Bertz CT molecular complexity index is 2050. The number of piperidine rings is 1. The molecule has 4 fully saturated rings. The second-order valence-electron chi connectivity index (χ2n) is 14.0. The van der Waals surface area contributed by atoms with E-state index in [2.05, 4.69) is 25.5 Å². The number of phenols is 1. The number of anilines is 1. The predicted octanol–water partition coefficient (Wildman–Crippen LogP) is 4.59. The van der Waals surface area contributed by atoms with Crippen molar-refractivity contribution in [1.29, 1.82) is 0 Å². The van der Waals surface area contributed by atoms with Crippen LogP contribution in [0.3, 0.4) is 0 Å². The third-order valence-electron chi connectivity index (χ3n) is 11.1. The Balaban J connectivity index is 1.25. The van der Waals surface area contributed by atoms with Gasteiger partial charge in [-0.1, -0.05) is 13.0 Å². The molecule has 3 amide bonds. The van der Waals surface area contributed by atoms with Gasteiger partial charge in [0.1, 0.15) is 40.7 Å². The number of ether oxygens (including phenoxy) is 2. The molecule has 0 radical (unpaired) electrons. The number of halogens is 2. The number of methoxy groups -OCH3 is 1. The molecule has 2 aromatic carbocycles. The van der Waals surface area contributed by atoms with Crippen molar-refractivity contribution in [3.8, 4) is 23.0 Å². The molecule has 50 heavy (non-hydrogen) atoms. The molecule has 3 atom stereocenters. The van der Waals surface area contributed by atoms with Crippen LogP contribution in [0.25, 0.3) is 32.9 Å². The Morgan fingerprint density at radius 2 is 1.94 bits per heavy atom. The Kier molecular flexibility index (Phi) is 7.98. The van der Waals surface area contributed by atoms with Gasteiger partial charge in [-0.2, -0.15) is 9.97 Å². The van der Waals surface area contributed by atoms with Crippen molar-refractivity contribution >= 4 is 39.4 Å². The summed E-state index contributed by atoms with van der Waals surface area (Å²) in [6.07, 6.45) is 6.67. The number of rotatable bonds is 8. The number of aromatic nitrogens is 3. The third-order valence-corrected chi connectivity index (χ3v) is 11.1. The molecule has 4 aromatic rings. The van der Waals surface area contributed by atoms with E-state index >= 15 is 8.78 Å². The van der Waals surface area contributed by atoms with Crippen molar-refractivity contribution in [2.75, 3.05) is 44.9 Å². The maximum atomic E-state index is 17.0. The van der Waals surface area contributed by atoms with E-state index in [0.717, 1.165) is 32.2 Å². The number of hydrogen-bond acceptors (Lipinski definition) is 10. The number of nitrogens with one attached hydrogen (secondary N) is 2. The minimum atomic E-state index is -1.16. The molecule has 0 aliphatic carbocycles. The highest BCUT2D eigenvalue weighted by molar-refractivity contribution is 6.08. The number of imide groups is 1. The van der Waals surface area contributed by atoms with Crippen LogP contribution in [-0.4, -0.2) is 94.0 Å². The molecule has 0 saturated carbocycles. The quantitative estimate of drug-likeness (QED) is 0.225. The van der Waals surface area contributed by atoms with E-state index < -0.39 is 29.1 Å². The van der Waals surface area contributed by atoms with Crippen LogP contribution in [0.1, 0.15) is 51.0 Å². The van der Waals surface area contributed by atoms with E-state index in [1.54, 1.807) is 13.2 Å². The zero-order valence-electron chi connectivity index (χ0n) is 28.0. The molecule has 1 unspecified atom stereocenters. The van der Waals surface area contributed by atoms with Gasteiger partial charge in [0.05, 0.1) is 24.1 Å². The number of hydrogen-bond donors (Lipinski definition) is 3. The summed E-state index contributed by atoms with van der Waals surface area (Å²) in [4.78, 5) is 43.4. The van der Waals surface area contributed by atoms with Crippen LogP contribution in [0, 0.1) is 11.6 Å². The number of nitrogens with zero attached hydrogens (tertiary/aromatic N) is 5. The fourth-order valence-electron chi connectivity index (χ4n) is 8.78. The van der Waals surface area contributed by atoms with Crippen LogP contribution in [0.15, 0.2) is 30.5 Å². The second kappa shape index (κ2) is 12.3. The van der Waals surface area contributed by atoms with Crippen LogP contribution in [0.4, 0.5) is 19.4 Å². The van der Waals surface area contributed by atoms with E-state index in [9.17, 15) is 14.7 Å². The zero-order chi connectivity index (χ0) is 34.8. The van der Waals surface area contributed by atoms with Crippen LogP contribution >= 0.6 is 0 Å². The summed E-state index contributed by atoms with van der Waals surface area (Å²) in [5.74, 6) is -1.43. The number of amides is 3. The molecule has 1 spiro atoms. The van der Waals surface area contributed by atoms with Gasteiger partial charge in [-0.15, -0.1) is 0 Å². The monoisotopic (exact) mass is 687 g/mol. The smallest absolute Gasteiger partial charge is 0.322 e. The largest absolute Gasteiger partial charge is 0.508 e. The van der Waals surface area contributed by atoms with Crippen LogP contribution in [0.5, 0.6) is 11.8 Å². The number of aromatic hydroxyl groups is 1. The standard InChI is InChI=1S/C36H39F2N7O5/c1-3-23-26(37)7-6-20-14-22(46)15-24(27(20)23)29-28(38)30-25(16-39-29)31(44-12-5-10-36(18-44)32(47)42-33(48)43-36)41-34(40-30)50-19-35-9-4-13-45(35)21(8-11-35)17-49-2/h6-7,14-16,21,46H,3-5,8-13,17-19H2,1-2H3,(H2,42,43,47,48)/t21-,35+,36?/m0/s1. The van der Waals surface area contributed by atoms with Gasteiger partial charge in [0.25, 0.3) is 5.91 Å². The average Bonchev–Trinajstić information content (AvgIpc) is 3.75. The molecule has 262 valence electrons. The van der Waals surface area contributed by atoms with Crippen molar-refractivity contribution < 1.29 is 33.0 Å². The zero-order valence-corrected chi connectivity index (χ0v) is 28.0. The molecule has 4 aliphatic rings. The van der Waals surface area contributed by atoms with Gasteiger partial charge in [-0.05, 0) is 86.0 Å². The normalized spacial score (nSPS) is 25.1. The van der Waals surface area contributed by atoms with E-state index in [1.165, 1.54) is 24.4 Å². The first-order valence-electron chi connectivity index (χ1n) is 17.2. The number of fused-ring (bicyclic) bond motifs is 3. The SMILES string of the molecule is CCc1c(F)ccc2cc(O)cc(-c3ncc4c(N5CCCC6(C5)NC(=O)NC6=O)nc(OC[C@]56CCCN5[C@H](COC)CC6)nc4c3F)c12. The average molecular weight is 688 g/mol. The maximum absolute atomic E-state index is 17.0. The molecular weight excluding hydrogens is 648 g/mol. The van der Waals surface area contributed by atoms with Gasteiger partial charge in [-0.25, -0.2) is 13.6 Å². The molecule has 2 aromatic heterocycles. The molecular formula is C36H39F2N7O5. The van der Waals surface area contributed by atoms with E-state index in [-0.39, 0.29) is 52.0 Å². The number of phenolic OH excluding ortho intramolecular Hbond substituents is 1. The molecule has 8 rings (SSSR count). The number of carbonyl (C=O) groups excluding carboxylic acids is 2. The topological polar surface area (TPSA) is 142 Å². The number of carbonyl (C=O) groups is 2. The lowest BCUT2D eigenvalue weighted by Crippen LogP contribution is -2.58. The Labute approximate surface area is 287 Å². The summed E-state index contributed by atoms with van der Waals surface area (Å²) in [5.41, 5.74) is -0.937. The maximum Gasteiger partial charge on any atom is 0.322 e. The van der Waals surface area contributed by atoms with Crippen LogP contribution in [0.2, 0.25) is 0 Å².